The molecule has 5 rings (SSSR count). The van der Waals surface area contributed by atoms with E-state index in [2.05, 4.69) is 33.0 Å². The molecule has 1 aliphatic carbocycles. The molecule has 2 amide bonds. The molecule has 190 valence electrons. The highest BCUT2D eigenvalue weighted by Gasteiger charge is 2.34. The lowest BCUT2D eigenvalue weighted by Gasteiger charge is -2.21. The number of nitrogens with zero attached hydrogens (tertiary/aromatic N) is 5. The summed E-state index contributed by atoms with van der Waals surface area (Å²) in [6.07, 6.45) is 5.05. The SMILES string of the molecule is CCON=C1C[C@@H](NC(=O)Nc2c(C)c(-c3cnn(C)c3)nn2-c2ccccc2)[C@H](c2ccccc2)C1. The first-order valence-corrected chi connectivity index (χ1v) is 12.5. The Labute approximate surface area is 216 Å². The van der Waals surface area contributed by atoms with E-state index in [1.165, 1.54) is 5.56 Å². The second-order valence-electron chi connectivity index (χ2n) is 9.18. The van der Waals surface area contributed by atoms with Gasteiger partial charge in [-0.3, -0.25) is 10.00 Å². The van der Waals surface area contributed by atoms with Gasteiger partial charge in [0, 0.05) is 42.8 Å². The molecule has 1 fully saturated rings. The third kappa shape index (κ3) is 5.25. The second-order valence-corrected chi connectivity index (χ2v) is 9.18. The van der Waals surface area contributed by atoms with Crippen molar-refractivity contribution in [1.29, 1.82) is 0 Å². The van der Waals surface area contributed by atoms with E-state index in [1.54, 1.807) is 15.6 Å². The van der Waals surface area contributed by atoms with Crippen LogP contribution in [0.2, 0.25) is 0 Å². The zero-order valence-electron chi connectivity index (χ0n) is 21.3. The molecule has 1 saturated carbocycles. The Hall–Kier alpha value is -4.40. The Morgan fingerprint density at radius 1 is 1.11 bits per heavy atom. The van der Waals surface area contributed by atoms with Crippen LogP contribution >= 0.6 is 0 Å². The van der Waals surface area contributed by atoms with Crippen molar-refractivity contribution in [3.05, 3.63) is 84.2 Å². The van der Waals surface area contributed by atoms with Crippen LogP contribution in [0.4, 0.5) is 10.6 Å². The minimum atomic E-state index is -0.290. The number of rotatable bonds is 7. The average Bonchev–Trinajstić information content (AvgIpc) is 3.61. The van der Waals surface area contributed by atoms with Crippen molar-refractivity contribution in [2.24, 2.45) is 12.2 Å². The molecule has 4 aromatic rings. The van der Waals surface area contributed by atoms with E-state index < -0.39 is 0 Å². The zero-order chi connectivity index (χ0) is 25.8. The molecule has 2 aromatic heterocycles. The molecule has 9 heteroatoms. The van der Waals surface area contributed by atoms with Crippen LogP contribution in [0, 0.1) is 6.92 Å². The minimum Gasteiger partial charge on any atom is -0.396 e. The Morgan fingerprint density at radius 2 is 1.84 bits per heavy atom. The smallest absolute Gasteiger partial charge is 0.320 e. The molecule has 2 atom stereocenters. The van der Waals surface area contributed by atoms with Gasteiger partial charge in [-0.15, -0.1) is 0 Å². The van der Waals surface area contributed by atoms with Crippen LogP contribution in [0.3, 0.4) is 0 Å². The Morgan fingerprint density at radius 3 is 2.51 bits per heavy atom. The van der Waals surface area contributed by atoms with Crippen LogP contribution in [-0.2, 0) is 11.9 Å². The van der Waals surface area contributed by atoms with Crippen molar-refractivity contribution >= 4 is 17.6 Å². The molecule has 9 nitrogen and oxygen atoms in total. The zero-order valence-corrected chi connectivity index (χ0v) is 21.3. The molecule has 2 aromatic carbocycles. The van der Waals surface area contributed by atoms with Gasteiger partial charge in [0.25, 0.3) is 0 Å². The summed E-state index contributed by atoms with van der Waals surface area (Å²) < 4.78 is 3.50. The first-order chi connectivity index (χ1) is 18.0. The van der Waals surface area contributed by atoms with Gasteiger partial charge in [-0.05, 0) is 38.0 Å². The number of para-hydroxylation sites is 1. The van der Waals surface area contributed by atoms with Crippen molar-refractivity contribution in [3.63, 3.8) is 0 Å². The molecule has 0 aliphatic heterocycles. The van der Waals surface area contributed by atoms with E-state index >= 15 is 0 Å². The third-order valence-corrected chi connectivity index (χ3v) is 6.60. The van der Waals surface area contributed by atoms with Crippen LogP contribution in [0.25, 0.3) is 16.9 Å². The van der Waals surface area contributed by atoms with E-state index in [1.807, 2.05) is 75.6 Å². The van der Waals surface area contributed by atoms with Crippen LogP contribution in [-0.4, -0.2) is 44.0 Å². The predicted molar refractivity (Wildman–Crippen MR) is 144 cm³/mol. The van der Waals surface area contributed by atoms with Gasteiger partial charge in [-0.25, -0.2) is 9.48 Å². The van der Waals surface area contributed by atoms with Gasteiger partial charge in [0.2, 0.25) is 0 Å². The molecule has 0 bridgehead atoms. The van der Waals surface area contributed by atoms with Crippen molar-refractivity contribution in [3.8, 4) is 16.9 Å². The van der Waals surface area contributed by atoms with Gasteiger partial charge in [0.05, 0.1) is 17.6 Å². The highest BCUT2D eigenvalue weighted by molar-refractivity contribution is 5.93. The minimum absolute atomic E-state index is 0.109. The maximum atomic E-state index is 13.4. The standard InChI is InChI=1S/C28H31N7O2/c1-4-37-33-22-15-24(20-11-7-5-8-12-20)25(16-22)30-28(36)31-27-19(2)26(21-17-29-34(3)18-21)32-35(27)23-13-9-6-10-14-23/h5-14,17-18,24-25H,4,15-16H2,1-3H3,(H2,30,31,36)/t24-,25+/m0/s1. The maximum Gasteiger partial charge on any atom is 0.320 e. The molecule has 0 radical (unpaired) electrons. The van der Waals surface area contributed by atoms with Crippen LogP contribution in [0.5, 0.6) is 0 Å². The second kappa shape index (κ2) is 10.7. The number of oxime groups is 1. The summed E-state index contributed by atoms with van der Waals surface area (Å²) in [6.45, 7) is 4.38. The fourth-order valence-corrected chi connectivity index (χ4v) is 4.84. The molecule has 37 heavy (non-hydrogen) atoms. The first kappa shape index (κ1) is 24.3. The highest BCUT2D eigenvalue weighted by atomic mass is 16.6. The third-order valence-electron chi connectivity index (χ3n) is 6.60. The number of benzene rings is 2. The van der Waals surface area contributed by atoms with E-state index in [4.69, 9.17) is 9.94 Å². The summed E-state index contributed by atoms with van der Waals surface area (Å²) >= 11 is 0. The van der Waals surface area contributed by atoms with Crippen molar-refractivity contribution in [2.75, 3.05) is 11.9 Å². The van der Waals surface area contributed by atoms with Crippen LogP contribution < -0.4 is 10.6 Å². The topological polar surface area (TPSA) is 98.4 Å². The largest absolute Gasteiger partial charge is 0.396 e. The van der Waals surface area contributed by atoms with Gasteiger partial charge in [-0.1, -0.05) is 53.7 Å². The average molecular weight is 498 g/mol. The number of hydrogen-bond acceptors (Lipinski definition) is 5. The predicted octanol–water partition coefficient (Wildman–Crippen LogP) is 5.04. The summed E-state index contributed by atoms with van der Waals surface area (Å²) in [5, 5.41) is 19.7. The Balaban J connectivity index is 1.43. The van der Waals surface area contributed by atoms with Crippen LogP contribution in [0.1, 0.15) is 36.8 Å². The summed E-state index contributed by atoms with van der Waals surface area (Å²) in [5.74, 6) is 0.720. The van der Waals surface area contributed by atoms with Crippen molar-refractivity contribution < 1.29 is 9.63 Å². The number of anilines is 1. The fourth-order valence-electron chi connectivity index (χ4n) is 4.84. The number of nitrogens with one attached hydrogen (secondary N) is 2. The van der Waals surface area contributed by atoms with E-state index in [0.29, 0.717) is 18.8 Å². The number of carbonyl (C=O) groups excluding carboxylic acids is 1. The van der Waals surface area contributed by atoms with Crippen molar-refractivity contribution in [2.45, 2.75) is 38.6 Å². The quantitative estimate of drug-likeness (QED) is 0.350. The van der Waals surface area contributed by atoms with Gasteiger partial charge < -0.3 is 10.2 Å². The van der Waals surface area contributed by atoms with Gasteiger partial charge in [0.1, 0.15) is 18.1 Å². The normalized spacial score (nSPS) is 18.2. The number of hydrogen-bond donors (Lipinski definition) is 2. The van der Waals surface area contributed by atoms with E-state index in [9.17, 15) is 4.79 Å². The number of aromatic nitrogens is 4. The molecular formula is C28H31N7O2. The summed E-state index contributed by atoms with van der Waals surface area (Å²) in [6, 6.07) is 19.6. The summed E-state index contributed by atoms with van der Waals surface area (Å²) in [7, 11) is 1.87. The monoisotopic (exact) mass is 497 g/mol. The van der Waals surface area contributed by atoms with Crippen LogP contribution in [0.15, 0.2) is 78.2 Å². The molecule has 2 N–H and O–H groups in total. The number of carbonyl (C=O) groups is 1. The van der Waals surface area contributed by atoms with Gasteiger partial charge in [-0.2, -0.15) is 10.2 Å². The lowest BCUT2D eigenvalue weighted by molar-refractivity contribution is 0.158. The molecular weight excluding hydrogens is 466 g/mol. The van der Waals surface area contributed by atoms with Gasteiger partial charge in [0.15, 0.2) is 0 Å². The molecule has 2 heterocycles. The van der Waals surface area contributed by atoms with Gasteiger partial charge >= 0.3 is 6.03 Å². The number of aryl methyl sites for hydroxylation is 1. The first-order valence-electron chi connectivity index (χ1n) is 12.5. The lowest BCUT2D eigenvalue weighted by atomic mass is 9.94. The molecule has 0 spiro atoms. The van der Waals surface area contributed by atoms with E-state index in [0.717, 1.165) is 34.6 Å². The van der Waals surface area contributed by atoms with E-state index in [-0.39, 0.29) is 18.0 Å². The lowest BCUT2D eigenvalue weighted by Crippen LogP contribution is -2.40. The summed E-state index contributed by atoms with van der Waals surface area (Å²) in [5.41, 5.74) is 5.47. The Kier molecular flexibility index (Phi) is 7.02. The fraction of sp³-hybridized carbons (Fsp3) is 0.286. The number of urea groups is 1. The summed E-state index contributed by atoms with van der Waals surface area (Å²) in [4.78, 5) is 18.7. The molecule has 0 saturated heterocycles. The Bertz CT molecular complexity index is 1390. The molecule has 1 aliphatic rings. The molecule has 0 unspecified atom stereocenters. The maximum absolute atomic E-state index is 13.4. The van der Waals surface area contributed by atoms with Crippen molar-refractivity contribution in [1.82, 2.24) is 24.9 Å². The number of amides is 2. The highest BCUT2D eigenvalue weighted by Crippen LogP contribution is 2.34.